The molecule has 0 spiro atoms. The average Bonchev–Trinajstić information content (AvgIpc) is 2.30. The summed E-state index contributed by atoms with van der Waals surface area (Å²) in [5, 5.41) is 11.7. The third-order valence-corrected chi connectivity index (χ3v) is 2.87. The minimum atomic E-state index is -0.482. The Hall–Kier alpha value is -2.02. The van der Waals surface area contributed by atoms with E-state index in [2.05, 4.69) is 11.4 Å². The van der Waals surface area contributed by atoms with Crippen molar-refractivity contribution in [2.24, 2.45) is 0 Å². The molecule has 0 saturated heterocycles. The first-order chi connectivity index (χ1) is 9.23. The van der Waals surface area contributed by atoms with E-state index < -0.39 is 11.7 Å². The molecular weight excluding hydrogens is 252 g/mol. The minimum absolute atomic E-state index is 0.401. The van der Waals surface area contributed by atoms with Crippen molar-refractivity contribution in [3.63, 3.8) is 0 Å². The number of alkyl carbamates (subject to hydrolysis) is 1. The van der Waals surface area contributed by atoms with Crippen LogP contribution in [-0.2, 0) is 11.2 Å². The van der Waals surface area contributed by atoms with Gasteiger partial charge in [0.1, 0.15) is 5.60 Å². The maximum Gasteiger partial charge on any atom is 0.407 e. The quantitative estimate of drug-likeness (QED) is 0.920. The van der Waals surface area contributed by atoms with Gasteiger partial charge in [0.15, 0.2) is 0 Å². The van der Waals surface area contributed by atoms with Gasteiger partial charge in [-0.15, -0.1) is 0 Å². The molecule has 4 nitrogen and oxygen atoms in total. The Kier molecular flexibility index (Phi) is 5.15. The standard InChI is InChI=1S/C16H22N2O2/c1-11-8-13(10-17)9-12(2)14(11)6-7-18-15(19)20-16(3,4)5/h8-9H,6-7H2,1-5H3,(H,18,19). The number of hydrogen-bond acceptors (Lipinski definition) is 3. The smallest absolute Gasteiger partial charge is 0.407 e. The molecule has 20 heavy (non-hydrogen) atoms. The Morgan fingerprint density at radius 2 is 1.85 bits per heavy atom. The number of aryl methyl sites for hydroxylation is 2. The van der Waals surface area contributed by atoms with Gasteiger partial charge in [-0.1, -0.05) is 0 Å². The summed E-state index contributed by atoms with van der Waals surface area (Å²) in [6.07, 6.45) is 0.323. The van der Waals surface area contributed by atoms with Crippen LogP contribution < -0.4 is 5.32 Å². The van der Waals surface area contributed by atoms with Crippen molar-refractivity contribution in [2.75, 3.05) is 6.54 Å². The number of carbonyl (C=O) groups excluding carboxylic acids is 1. The lowest BCUT2D eigenvalue weighted by atomic mass is 9.97. The number of nitriles is 1. The molecule has 1 amide bonds. The third-order valence-electron chi connectivity index (χ3n) is 2.87. The van der Waals surface area contributed by atoms with Crippen LogP contribution in [0.3, 0.4) is 0 Å². The summed E-state index contributed by atoms with van der Waals surface area (Å²) in [6.45, 7) is 9.99. The highest BCUT2D eigenvalue weighted by atomic mass is 16.6. The number of rotatable bonds is 3. The molecule has 0 aliphatic heterocycles. The van der Waals surface area contributed by atoms with Gasteiger partial charge in [-0.05, 0) is 69.9 Å². The molecule has 1 aromatic carbocycles. The van der Waals surface area contributed by atoms with Crippen LogP contribution in [0.5, 0.6) is 0 Å². The number of ether oxygens (including phenoxy) is 1. The average molecular weight is 274 g/mol. The summed E-state index contributed by atoms with van der Waals surface area (Å²) < 4.78 is 5.18. The van der Waals surface area contributed by atoms with E-state index in [-0.39, 0.29) is 0 Å². The lowest BCUT2D eigenvalue weighted by Gasteiger charge is -2.20. The largest absolute Gasteiger partial charge is 0.444 e. The number of benzene rings is 1. The summed E-state index contributed by atoms with van der Waals surface area (Å²) in [4.78, 5) is 11.5. The number of amides is 1. The summed E-state index contributed by atoms with van der Waals surface area (Å²) in [5.74, 6) is 0. The number of nitrogens with zero attached hydrogens (tertiary/aromatic N) is 1. The topological polar surface area (TPSA) is 62.1 Å². The van der Waals surface area contributed by atoms with Gasteiger partial charge in [-0.2, -0.15) is 5.26 Å². The van der Waals surface area contributed by atoms with Crippen LogP contribution in [0, 0.1) is 25.2 Å². The summed E-state index contributed by atoms with van der Waals surface area (Å²) in [5.41, 5.74) is 3.51. The fourth-order valence-electron chi connectivity index (χ4n) is 2.06. The molecular formula is C16H22N2O2. The van der Waals surface area contributed by atoms with E-state index >= 15 is 0 Å². The van der Waals surface area contributed by atoms with Crippen molar-refractivity contribution in [3.05, 3.63) is 34.4 Å². The Balaban J connectivity index is 2.59. The molecule has 108 valence electrons. The lowest BCUT2D eigenvalue weighted by Crippen LogP contribution is -2.33. The van der Waals surface area contributed by atoms with Crippen LogP contribution in [0.1, 0.15) is 43.0 Å². The van der Waals surface area contributed by atoms with Gasteiger partial charge < -0.3 is 10.1 Å². The molecule has 0 aliphatic carbocycles. The SMILES string of the molecule is Cc1cc(C#N)cc(C)c1CCNC(=O)OC(C)(C)C. The van der Waals surface area contributed by atoms with Crippen LogP contribution in [0.15, 0.2) is 12.1 Å². The van der Waals surface area contributed by atoms with Gasteiger partial charge in [0.2, 0.25) is 0 Å². The highest BCUT2D eigenvalue weighted by Crippen LogP contribution is 2.16. The maximum atomic E-state index is 11.5. The zero-order valence-corrected chi connectivity index (χ0v) is 12.8. The maximum absolute atomic E-state index is 11.5. The van der Waals surface area contributed by atoms with Gasteiger partial charge in [0.25, 0.3) is 0 Å². The second kappa shape index (κ2) is 6.42. The van der Waals surface area contributed by atoms with Crippen molar-refractivity contribution in [2.45, 2.75) is 46.6 Å². The molecule has 0 bridgehead atoms. The molecule has 1 aromatic rings. The Bertz CT molecular complexity index is 513. The van der Waals surface area contributed by atoms with E-state index in [1.165, 1.54) is 5.56 Å². The number of hydrogen-bond donors (Lipinski definition) is 1. The van der Waals surface area contributed by atoms with Gasteiger partial charge in [-0.3, -0.25) is 0 Å². The first kappa shape index (κ1) is 16.0. The van der Waals surface area contributed by atoms with E-state index in [1.807, 2.05) is 46.8 Å². The lowest BCUT2D eigenvalue weighted by molar-refractivity contribution is 0.0528. The Morgan fingerprint density at radius 1 is 1.30 bits per heavy atom. The van der Waals surface area contributed by atoms with Crippen molar-refractivity contribution >= 4 is 6.09 Å². The van der Waals surface area contributed by atoms with Gasteiger partial charge in [-0.25, -0.2) is 4.79 Å². The molecule has 0 aliphatic rings. The first-order valence-corrected chi connectivity index (χ1v) is 6.70. The third kappa shape index (κ3) is 4.93. The molecule has 4 heteroatoms. The summed E-state index contributed by atoms with van der Waals surface area (Å²) in [6, 6.07) is 5.89. The Labute approximate surface area is 120 Å². The van der Waals surface area contributed by atoms with Gasteiger partial charge in [0.05, 0.1) is 11.6 Å². The molecule has 1 rings (SSSR count). The molecule has 0 fully saturated rings. The summed E-state index contributed by atoms with van der Waals surface area (Å²) >= 11 is 0. The normalized spacial score (nSPS) is 10.8. The van der Waals surface area contributed by atoms with E-state index in [0.717, 1.165) is 17.5 Å². The predicted octanol–water partition coefficient (Wildman–Crippen LogP) is 3.24. The Morgan fingerprint density at radius 3 is 2.30 bits per heavy atom. The highest BCUT2D eigenvalue weighted by Gasteiger charge is 2.15. The van der Waals surface area contributed by atoms with Crippen LogP contribution in [0.25, 0.3) is 0 Å². The molecule has 0 heterocycles. The second-order valence-corrected chi connectivity index (χ2v) is 5.88. The van der Waals surface area contributed by atoms with Crippen molar-refractivity contribution in [1.82, 2.24) is 5.32 Å². The predicted molar refractivity (Wildman–Crippen MR) is 78.6 cm³/mol. The van der Waals surface area contributed by atoms with Crippen LogP contribution in [-0.4, -0.2) is 18.2 Å². The molecule has 0 radical (unpaired) electrons. The molecule has 0 aromatic heterocycles. The van der Waals surface area contributed by atoms with Crippen LogP contribution >= 0.6 is 0 Å². The molecule has 0 atom stereocenters. The van der Waals surface area contributed by atoms with E-state index in [0.29, 0.717) is 12.1 Å². The van der Waals surface area contributed by atoms with E-state index in [9.17, 15) is 4.79 Å². The van der Waals surface area contributed by atoms with Crippen molar-refractivity contribution in [1.29, 1.82) is 5.26 Å². The number of nitrogens with one attached hydrogen (secondary N) is 1. The van der Waals surface area contributed by atoms with E-state index in [4.69, 9.17) is 10.00 Å². The highest BCUT2D eigenvalue weighted by molar-refractivity contribution is 5.67. The minimum Gasteiger partial charge on any atom is -0.444 e. The number of carbonyl (C=O) groups is 1. The zero-order chi connectivity index (χ0) is 15.3. The molecule has 0 saturated carbocycles. The second-order valence-electron chi connectivity index (χ2n) is 5.88. The van der Waals surface area contributed by atoms with Crippen molar-refractivity contribution in [3.8, 4) is 6.07 Å². The molecule has 0 unspecified atom stereocenters. The summed E-state index contributed by atoms with van der Waals surface area (Å²) in [7, 11) is 0. The van der Waals surface area contributed by atoms with Gasteiger partial charge >= 0.3 is 6.09 Å². The van der Waals surface area contributed by atoms with Crippen LogP contribution in [0.2, 0.25) is 0 Å². The van der Waals surface area contributed by atoms with E-state index in [1.54, 1.807) is 0 Å². The molecule has 1 N–H and O–H groups in total. The fraction of sp³-hybridized carbons (Fsp3) is 0.500. The zero-order valence-electron chi connectivity index (χ0n) is 12.8. The monoisotopic (exact) mass is 274 g/mol. The van der Waals surface area contributed by atoms with Crippen molar-refractivity contribution < 1.29 is 9.53 Å². The fourth-order valence-corrected chi connectivity index (χ4v) is 2.06. The van der Waals surface area contributed by atoms with Gasteiger partial charge in [0, 0.05) is 6.54 Å². The first-order valence-electron chi connectivity index (χ1n) is 6.70. The van der Waals surface area contributed by atoms with Crippen LogP contribution in [0.4, 0.5) is 4.79 Å².